The van der Waals surface area contributed by atoms with E-state index >= 15 is 0 Å². The molecule has 0 aromatic heterocycles. The lowest BCUT2D eigenvalue weighted by atomic mass is 9.94. The Kier molecular flexibility index (Phi) is 4.81. The molecule has 110 valence electrons. The molecule has 0 radical (unpaired) electrons. The summed E-state index contributed by atoms with van der Waals surface area (Å²) in [5, 5.41) is 3.12. The molecule has 0 aliphatic heterocycles. The van der Waals surface area contributed by atoms with E-state index in [0.717, 1.165) is 12.8 Å². The van der Waals surface area contributed by atoms with Crippen LogP contribution in [0.1, 0.15) is 45.1 Å². The van der Waals surface area contributed by atoms with Gasteiger partial charge in [0.05, 0.1) is 0 Å². The van der Waals surface area contributed by atoms with Crippen LogP contribution in [0.2, 0.25) is 0 Å². The molecule has 20 heavy (non-hydrogen) atoms. The standard InChI is InChI=1S/C17H26N2O/c1-17(2,11-10-13-6-4-3-5-7-13)19-16(20)12-15(18)14-8-9-14/h3-7,14-15H,8-12,18H2,1-2H3,(H,19,20). The van der Waals surface area contributed by atoms with Gasteiger partial charge in [0.2, 0.25) is 5.91 Å². The molecular weight excluding hydrogens is 248 g/mol. The summed E-state index contributed by atoms with van der Waals surface area (Å²) in [6, 6.07) is 10.4. The van der Waals surface area contributed by atoms with Crippen LogP contribution in [0.25, 0.3) is 0 Å². The van der Waals surface area contributed by atoms with E-state index in [-0.39, 0.29) is 17.5 Å². The minimum atomic E-state index is -0.184. The van der Waals surface area contributed by atoms with Crippen molar-refractivity contribution in [2.45, 2.75) is 57.5 Å². The van der Waals surface area contributed by atoms with E-state index in [2.05, 4.69) is 43.4 Å². The zero-order chi connectivity index (χ0) is 14.6. The van der Waals surface area contributed by atoms with Crippen LogP contribution in [0.4, 0.5) is 0 Å². The average Bonchev–Trinajstić information content (AvgIpc) is 3.21. The number of benzene rings is 1. The highest BCUT2D eigenvalue weighted by Crippen LogP contribution is 2.32. The van der Waals surface area contributed by atoms with Crippen molar-refractivity contribution in [3.05, 3.63) is 35.9 Å². The number of carbonyl (C=O) groups excluding carboxylic acids is 1. The molecule has 3 nitrogen and oxygen atoms in total. The van der Waals surface area contributed by atoms with Gasteiger partial charge in [-0.05, 0) is 51.0 Å². The van der Waals surface area contributed by atoms with Crippen LogP contribution < -0.4 is 11.1 Å². The maximum absolute atomic E-state index is 12.0. The predicted molar refractivity (Wildman–Crippen MR) is 82.3 cm³/mol. The Bertz CT molecular complexity index is 438. The van der Waals surface area contributed by atoms with Crippen LogP contribution in [0.3, 0.4) is 0 Å². The number of rotatable bonds is 7. The van der Waals surface area contributed by atoms with Gasteiger partial charge in [-0.2, -0.15) is 0 Å². The zero-order valence-corrected chi connectivity index (χ0v) is 12.6. The first-order chi connectivity index (χ1) is 9.46. The summed E-state index contributed by atoms with van der Waals surface area (Å²) < 4.78 is 0. The molecule has 1 aromatic carbocycles. The third-order valence-electron chi connectivity index (χ3n) is 4.01. The quantitative estimate of drug-likeness (QED) is 0.803. The maximum Gasteiger partial charge on any atom is 0.221 e. The molecule has 0 bridgehead atoms. The van der Waals surface area contributed by atoms with E-state index in [1.54, 1.807) is 0 Å². The van der Waals surface area contributed by atoms with Gasteiger partial charge in [0.25, 0.3) is 0 Å². The Labute approximate surface area is 121 Å². The Hall–Kier alpha value is -1.35. The molecule has 0 heterocycles. The summed E-state index contributed by atoms with van der Waals surface area (Å²) >= 11 is 0. The molecule has 0 spiro atoms. The minimum Gasteiger partial charge on any atom is -0.351 e. The van der Waals surface area contributed by atoms with Gasteiger partial charge in [0.1, 0.15) is 0 Å². The van der Waals surface area contributed by atoms with Gasteiger partial charge in [-0.15, -0.1) is 0 Å². The Morgan fingerprint density at radius 2 is 2.00 bits per heavy atom. The molecule has 1 saturated carbocycles. The second-order valence-corrected chi connectivity index (χ2v) is 6.62. The van der Waals surface area contributed by atoms with Gasteiger partial charge in [-0.25, -0.2) is 0 Å². The Morgan fingerprint density at radius 3 is 2.60 bits per heavy atom. The van der Waals surface area contributed by atoms with Crippen LogP contribution in [0.15, 0.2) is 30.3 Å². The topological polar surface area (TPSA) is 55.1 Å². The molecule has 1 aliphatic carbocycles. The Balaban J connectivity index is 1.76. The largest absolute Gasteiger partial charge is 0.351 e. The average molecular weight is 274 g/mol. The van der Waals surface area contributed by atoms with Crippen molar-refractivity contribution in [2.24, 2.45) is 11.7 Å². The summed E-state index contributed by atoms with van der Waals surface area (Å²) in [7, 11) is 0. The first-order valence-corrected chi connectivity index (χ1v) is 7.57. The van der Waals surface area contributed by atoms with Crippen LogP contribution in [-0.4, -0.2) is 17.5 Å². The van der Waals surface area contributed by atoms with E-state index in [0.29, 0.717) is 12.3 Å². The number of hydrogen-bond donors (Lipinski definition) is 2. The molecule has 1 fully saturated rings. The summed E-state index contributed by atoms with van der Waals surface area (Å²) in [5.41, 5.74) is 7.13. The summed E-state index contributed by atoms with van der Waals surface area (Å²) in [4.78, 5) is 12.0. The lowest BCUT2D eigenvalue weighted by Crippen LogP contribution is -2.45. The van der Waals surface area contributed by atoms with Crippen LogP contribution >= 0.6 is 0 Å². The van der Waals surface area contributed by atoms with Gasteiger partial charge < -0.3 is 11.1 Å². The van der Waals surface area contributed by atoms with Crippen LogP contribution in [0, 0.1) is 5.92 Å². The number of hydrogen-bond acceptors (Lipinski definition) is 2. The smallest absolute Gasteiger partial charge is 0.221 e. The third-order valence-corrected chi connectivity index (χ3v) is 4.01. The van der Waals surface area contributed by atoms with Gasteiger partial charge in [-0.1, -0.05) is 30.3 Å². The maximum atomic E-state index is 12.0. The number of carbonyl (C=O) groups is 1. The second-order valence-electron chi connectivity index (χ2n) is 6.62. The lowest BCUT2D eigenvalue weighted by molar-refractivity contribution is -0.123. The highest BCUT2D eigenvalue weighted by Gasteiger charge is 2.31. The van der Waals surface area contributed by atoms with E-state index in [9.17, 15) is 4.79 Å². The minimum absolute atomic E-state index is 0.0416. The molecule has 2 rings (SSSR count). The van der Waals surface area contributed by atoms with Crippen LogP contribution in [-0.2, 0) is 11.2 Å². The fourth-order valence-corrected chi connectivity index (χ4v) is 2.50. The highest BCUT2D eigenvalue weighted by atomic mass is 16.1. The second kappa shape index (κ2) is 6.40. The van der Waals surface area contributed by atoms with Gasteiger partial charge in [0, 0.05) is 18.0 Å². The third kappa shape index (κ3) is 4.97. The Morgan fingerprint density at radius 1 is 1.35 bits per heavy atom. The lowest BCUT2D eigenvalue weighted by Gasteiger charge is -2.27. The van der Waals surface area contributed by atoms with Crippen molar-refractivity contribution in [1.29, 1.82) is 0 Å². The number of nitrogens with one attached hydrogen (secondary N) is 1. The number of amides is 1. The summed E-state index contributed by atoms with van der Waals surface area (Å²) in [6.07, 6.45) is 4.74. The molecule has 3 N–H and O–H groups in total. The van der Waals surface area contributed by atoms with E-state index < -0.39 is 0 Å². The SMILES string of the molecule is CC(C)(CCc1ccccc1)NC(=O)CC(N)C1CC1. The molecule has 0 saturated heterocycles. The highest BCUT2D eigenvalue weighted by molar-refractivity contribution is 5.77. The van der Waals surface area contributed by atoms with Crippen molar-refractivity contribution in [3.63, 3.8) is 0 Å². The fourth-order valence-electron chi connectivity index (χ4n) is 2.50. The van der Waals surface area contributed by atoms with Gasteiger partial charge in [-0.3, -0.25) is 4.79 Å². The first-order valence-electron chi connectivity index (χ1n) is 7.57. The molecule has 1 unspecified atom stereocenters. The summed E-state index contributed by atoms with van der Waals surface area (Å²) in [6.45, 7) is 4.16. The van der Waals surface area contributed by atoms with Crippen molar-refractivity contribution in [1.82, 2.24) is 5.32 Å². The predicted octanol–water partition coefficient (Wildman–Crippen LogP) is 2.64. The fraction of sp³-hybridized carbons (Fsp3) is 0.588. The number of aryl methyl sites for hydroxylation is 1. The van der Waals surface area contributed by atoms with Crippen molar-refractivity contribution < 1.29 is 4.79 Å². The molecule has 1 amide bonds. The van der Waals surface area contributed by atoms with E-state index in [1.807, 2.05) is 6.07 Å². The van der Waals surface area contributed by atoms with Crippen molar-refractivity contribution in [2.75, 3.05) is 0 Å². The molecule has 3 heteroatoms. The van der Waals surface area contributed by atoms with Crippen molar-refractivity contribution >= 4 is 5.91 Å². The first kappa shape index (κ1) is 15.0. The molecule has 1 aromatic rings. The van der Waals surface area contributed by atoms with Gasteiger partial charge >= 0.3 is 0 Å². The van der Waals surface area contributed by atoms with Gasteiger partial charge in [0.15, 0.2) is 0 Å². The van der Waals surface area contributed by atoms with Crippen LogP contribution in [0.5, 0.6) is 0 Å². The summed E-state index contributed by atoms with van der Waals surface area (Å²) in [5.74, 6) is 0.663. The molecule has 1 atom stereocenters. The van der Waals surface area contributed by atoms with E-state index in [1.165, 1.54) is 18.4 Å². The number of nitrogens with two attached hydrogens (primary N) is 1. The van der Waals surface area contributed by atoms with Crippen molar-refractivity contribution in [3.8, 4) is 0 Å². The zero-order valence-electron chi connectivity index (χ0n) is 12.6. The van der Waals surface area contributed by atoms with E-state index in [4.69, 9.17) is 5.73 Å². The molecular formula is C17H26N2O. The molecule has 1 aliphatic rings. The normalized spacial score (nSPS) is 16.8. The monoisotopic (exact) mass is 274 g/mol.